The number of likely N-dealkylation sites (N-methyl/N-ethyl adjacent to an activating group) is 1. The van der Waals surface area contributed by atoms with Gasteiger partial charge in [0.15, 0.2) is 0 Å². The van der Waals surface area contributed by atoms with Crippen molar-refractivity contribution < 1.29 is 23.1 Å². The molecule has 126 valence electrons. The molecule has 1 aromatic rings. The van der Waals surface area contributed by atoms with Crippen LogP contribution in [-0.4, -0.2) is 49.6 Å². The van der Waals surface area contributed by atoms with Crippen LogP contribution in [0, 0.1) is 11.6 Å². The minimum Gasteiger partial charge on any atom is -0.376 e. The Balaban J connectivity index is 1.81. The van der Waals surface area contributed by atoms with Gasteiger partial charge >= 0.3 is 0 Å². The number of benzene rings is 1. The summed E-state index contributed by atoms with van der Waals surface area (Å²) in [7, 11) is 1.63. The maximum Gasteiger partial charge on any atom is 0.251 e. The van der Waals surface area contributed by atoms with Crippen molar-refractivity contribution in [2.45, 2.75) is 25.4 Å². The first kappa shape index (κ1) is 17.3. The van der Waals surface area contributed by atoms with Crippen molar-refractivity contribution in [2.24, 2.45) is 0 Å². The lowest BCUT2D eigenvalue weighted by atomic mass is 10.1. The van der Waals surface area contributed by atoms with Crippen LogP contribution in [0.5, 0.6) is 0 Å². The third-order valence-corrected chi connectivity index (χ3v) is 3.70. The standard InChI is InChI=1S/C16H20F2N2O3/c1-20(10-14-4-2-3-5-23-14)15(21)9-19-16(22)11-6-12(17)8-13(18)7-11/h6-8,14H,2-5,9-10H2,1H3,(H,19,22)/t14-/m1/s1. The Bertz CT molecular complexity index is 554. The van der Waals surface area contributed by atoms with Crippen LogP contribution in [-0.2, 0) is 9.53 Å². The van der Waals surface area contributed by atoms with Gasteiger partial charge in [-0.2, -0.15) is 0 Å². The Morgan fingerprint density at radius 2 is 1.96 bits per heavy atom. The predicted molar refractivity (Wildman–Crippen MR) is 79.9 cm³/mol. The zero-order chi connectivity index (χ0) is 16.8. The highest BCUT2D eigenvalue weighted by molar-refractivity contribution is 5.96. The molecule has 0 radical (unpaired) electrons. The van der Waals surface area contributed by atoms with Gasteiger partial charge in [0, 0.05) is 31.8 Å². The fourth-order valence-corrected chi connectivity index (χ4v) is 2.44. The lowest BCUT2D eigenvalue weighted by molar-refractivity contribution is -0.131. The van der Waals surface area contributed by atoms with Gasteiger partial charge in [-0.05, 0) is 31.4 Å². The van der Waals surface area contributed by atoms with Crippen LogP contribution < -0.4 is 5.32 Å². The summed E-state index contributed by atoms with van der Waals surface area (Å²) in [5, 5.41) is 2.37. The van der Waals surface area contributed by atoms with Crippen molar-refractivity contribution >= 4 is 11.8 Å². The van der Waals surface area contributed by atoms with E-state index in [0.29, 0.717) is 19.2 Å². The Morgan fingerprint density at radius 3 is 2.57 bits per heavy atom. The SMILES string of the molecule is CN(C[C@H]1CCCCO1)C(=O)CNC(=O)c1cc(F)cc(F)c1. The fraction of sp³-hybridized carbons (Fsp3) is 0.500. The molecule has 2 rings (SSSR count). The molecule has 0 unspecified atom stereocenters. The number of nitrogens with zero attached hydrogens (tertiary/aromatic N) is 1. The van der Waals surface area contributed by atoms with Gasteiger partial charge in [-0.25, -0.2) is 8.78 Å². The summed E-state index contributed by atoms with van der Waals surface area (Å²) in [6.07, 6.45) is 3.04. The molecule has 1 aliphatic heterocycles. The molecule has 5 nitrogen and oxygen atoms in total. The van der Waals surface area contributed by atoms with Gasteiger partial charge in [0.1, 0.15) is 11.6 Å². The van der Waals surface area contributed by atoms with Crippen molar-refractivity contribution in [1.82, 2.24) is 10.2 Å². The quantitative estimate of drug-likeness (QED) is 0.896. The number of ether oxygens (including phenoxy) is 1. The Kier molecular flexibility index (Phi) is 6.04. The van der Waals surface area contributed by atoms with Gasteiger partial charge in [0.25, 0.3) is 5.91 Å². The molecule has 0 spiro atoms. The van der Waals surface area contributed by atoms with Crippen molar-refractivity contribution in [3.63, 3.8) is 0 Å². The number of carbonyl (C=O) groups excluding carboxylic acids is 2. The van der Waals surface area contributed by atoms with E-state index in [1.54, 1.807) is 7.05 Å². The number of carbonyl (C=O) groups is 2. The van der Waals surface area contributed by atoms with Crippen LogP contribution in [0.15, 0.2) is 18.2 Å². The van der Waals surface area contributed by atoms with Gasteiger partial charge in [-0.3, -0.25) is 9.59 Å². The molecule has 0 aromatic heterocycles. The largest absolute Gasteiger partial charge is 0.376 e. The van der Waals surface area contributed by atoms with E-state index in [4.69, 9.17) is 4.74 Å². The van der Waals surface area contributed by atoms with Crippen LogP contribution in [0.3, 0.4) is 0 Å². The molecule has 1 fully saturated rings. The Labute approximate surface area is 133 Å². The predicted octanol–water partition coefficient (Wildman–Crippen LogP) is 1.72. The number of rotatable bonds is 5. The molecule has 1 heterocycles. The molecule has 1 aliphatic rings. The second-order valence-corrected chi connectivity index (χ2v) is 5.60. The molecule has 0 aliphatic carbocycles. The monoisotopic (exact) mass is 326 g/mol. The minimum atomic E-state index is -0.840. The smallest absolute Gasteiger partial charge is 0.251 e. The van der Waals surface area contributed by atoms with Crippen LogP contribution >= 0.6 is 0 Å². The zero-order valence-electron chi connectivity index (χ0n) is 13.0. The van der Waals surface area contributed by atoms with Gasteiger partial charge in [0.05, 0.1) is 12.6 Å². The molecule has 23 heavy (non-hydrogen) atoms. The second kappa shape index (κ2) is 8.01. The average Bonchev–Trinajstić information content (AvgIpc) is 2.52. The summed E-state index contributed by atoms with van der Waals surface area (Å²) in [5.41, 5.74) is -0.159. The molecule has 7 heteroatoms. The maximum absolute atomic E-state index is 13.1. The molecule has 2 amide bonds. The Morgan fingerprint density at radius 1 is 1.26 bits per heavy atom. The van der Waals surface area contributed by atoms with Crippen molar-refractivity contribution in [3.8, 4) is 0 Å². The van der Waals surface area contributed by atoms with Crippen LogP contribution in [0.1, 0.15) is 29.6 Å². The number of hydrogen-bond donors (Lipinski definition) is 1. The number of halogens is 2. The number of nitrogens with one attached hydrogen (secondary N) is 1. The van der Waals surface area contributed by atoms with Gasteiger partial charge < -0.3 is 15.0 Å². The van der Waals surface area contributed by atoms with E-state index < -0.39 is 17.5 Å². The third kappa shape index (κ3) is 5.28. The van der Waals surface area contributed by atoms with E-state index in [0.717, 1.165) is 31.4 Å². The summed E-state index contributed by atoms with van der Waals surface area (Å²) in [5.74, 6) is -2.66. The molecular weight excluding hydrogens is 306 g/mol. The molecular formula is C16H20F2N2O3. The van der Waals surface area contributed by atoms with E-state index in [1.807, 2.05) is 0 Å². The fourth-order valence-electron chi connectivity index (χ4n) is 2.44. The molecule has 1 saturated heterocycles. The van der Waals surface area contributed by atoms with Crippen molar-refractivity contribution in [1.29, 1.82) is 0 Å². The van der Waals surface area contributed by atoms with Gasteiger partial charge in [-0.15, -0.1) is 0 Å². The highest BCUT2D eigenvalue weighted by atomic mass is 19.1. The maximum atomic E-state index is 13.1. The molecule has 0 saturated carbocycles. The zero-order valence-corrected chi connectivity index (χ0v) is 13.0. The molecule has 0 bridgehead atoms. The van der Waals surface area contributed by atoms with E-state index in [9.17, 15) is 18.4 Å². The van der Waals surface area contributed by atoms with Crippen molar-refractivity contribution in [2.75, 3.05) is 26.7 Å². The Hall–Kier alpha value is -2.02. The summed E-state index contributed by atoms with van der Waals surface area (Å²) in [6, 6.07) is 2.52. The molecule has 1 atom stereocenters. The topological polar surface area (TPSA) is 58.6 Å². The first-order chi connectivity index (χ1) is 11.0. The summed E-state index contributed by atoms with van der Waals surface area (Å²) in [4.78, 5) is 25.3. The minimum absolute atomic E-state index is 0.0192. The lowest BCUT2D eigenvalue weighted by Crippen LogP contribution is -2.42. The first-order valence-corrected chi connectivity index (χ1v) is 7.55. The van der Waals surface area contributed by atoms with E-state index in [1.165, 1.54) is 4.90 Å². The molecule has 1 aromatic carbocycles. The van der Waals surface area contributed by atoms with Crippen LogP contribution in [0.4, 0.5) is 8.78 Å². The first-order valence-electron chi connectivity index (χ1n) is 7.55. The highest BCUT2D eigenvalue weighted by Crippen LogP contribution is 2.13. The normalized spacial score (nSPS) is 17.6. The van der Waals surface area contributed by atoms with E-state index in [-0.39, 0.29) is 24.1 Å². The summed E-state index contributed by atoms with van der Waals surface area (Å²) < 4.78 is 31.7. The van der Waals surface area contributed by atoms with Crippen molar-refractivity contribution in [3.05, 3.63) is 35.4 Å². The summed E-state index contributed by atoms with van der Waals surface area (Å²) >= 11 is 0. The lowest BCUT2D eigenvalue weighted by Gasteiger charge is -2.27. The average molecular weight is 326 g/mol. The number of hydrogen-bond acceptors (Lipinski definition) is 3. The van der Waals surface area contributed by atoms with E-state index >= 15 is 0 Å². The summed E-state index contributed by atoms with van der Waals surface area (Å²) in [6.45, 7) is 0.929. The van der Waals surface area contributed by atoms with Gasteiger partial charge in [-0.1, -0.05) is 0 Å². The highest BCUT2D eigenvalue weighted by Gasteiger charge is 2.19. The van der Waals surface area contributed by atoms with Crippen LogP contribution in [0.25, 0.3) is 0 Å². The van der Waals surface area contributed by atoms with E-state index in [2.05, 4.69) is 5.32 Å². The van der Waals surface area contributed by atoms with Crippen LogP contribution in [0.2, 0.25) is 0 Å². The second-order valence-electron chi connectivity index (χ2n) is 5.60. The number of amides is 2. The van der Waals surface area contributed by atoms with Gasteiger partial charge in [0.2, 0.25) is 5.91 Å². The third-order valence-electron chi connectivity index (χ3n) is 3.70. The molecule has 1 N–H and O–H groups in total.